The molecule has 0 aliphatic carbocycles. The van der Waals surface area contributed by atoms with E-state index in [1.807, 2.05) is 25.3 Å². The number of aryl methyl sites for hydroxylation is 1. The highest BCUT2D eigenvalue weighted by atomic mass is 16.3. The van der Waals surface area contributed by atoms with Crippen molar-refractivity contribution in [3.05, 3.63) is 53.9 Å². The predicted octanol–water partition coefficient (Wildman–Crippen LogP) is 3.99. The summed E-state index contributed by atoms with van der Waals surface area (Å²) in [5, 5.41) is 9.79. The molecule has 0 spiro atoms. The third kappa shape index (κ3) is 3.17. The van der Waals surface area contributed by atoms with Crippen LogP contribution in [0.3, 0.4) is 0 Å². The van der Waals surface area contributed by atoms with Crippen molar-refractivity contribution in [1.29, 1.82) is 0 Å². The van der Waals surface area contributed by atoms with E-state index in [1.54, 1.807) is 0 Å². The summed E-state index contributed by atoms with van der Waals surface area (Å²) in [7, 11) is 0. The van der Waals surface area contributed by atoms with Crippen molar-refractivity contribution in [2.45, 2.75) is 33.3 Å². The van der Waals surface area contributed by atoms with Crippen LogP contribution in [-0.4, -0.2) is 16.6 Å². The molecule has 3 nitrogen and oxygen atoms in total. The minimum atomic E-state index is -0.474. The van der Waals surface area contributed by atoms with Gasteiger partial charge in [0.25, 0.3) is 0 Å². The Morgan fingerprint density at radius 3 is 2.50 bits per heavy atom. The summed E-state index contributed by atoms with van der Waals surface area (Å²) in [6.07, 6.45) is 2.04. The second kappa shape index (κ2) is 6.53. The summed E-state index contributed by atoms with van der Waals surface area (Å²) in [6, 6.07) is 12.4. The lowest BCUT2D eigenvalue weighted by molar-refractivity contribution is 0.169. The Bertz CT molecular complexity index is 551. The van der Waals surface area contributed by atoms with Crippen LogP contribution in [0.15, 0.2) is 42.6 Å². The fourth-order valence-corrected chi connectivity index (χ4v) is 2.27. The fraction of sp³-hybridized carbons (Fsp3) is 0.353. The van der Waals surface area contributed by atoms with Crippen LogP contribution in [-0.2, 0) is 0 Å². The summed E-state index contributed by atoms with van der Waals surface area (Å²) in [4.78, 5) is 6.58. The minimum absolute atomic E-state index is 0.474. The van der Waals surface area contributed by atoms with E-state index in [0.29, 0.717) is 6.42 Å². The number of benzene rings is 1. The molecule has 2 rings (SSSR count). The van der Waals surface area contributed by atoms with Crippen molar-refractivity contribution < 1.29 is 5.11 Å². The summed E-state index contributed by atoms with van der Waals surface area (Å²) in [6.45, 7) is 7.04. The van der Waals surface area contributed by atoms with Crippen LogP contribution < -0.4 is 4.90 Å². The smallest absolute Gasteiger partial charge is 0.0957 e. The molecule has 1 heterocycles. The largest absolute Gasteiger partial charge is 0.387 e. The summed E-state index contributed by atoms with van der Waals surface area (Å²) in [5.41, 5.74) is 4.19. The van der Waals surface area contributed by atoms with Gasteiger partial charge in [0.15, 0.2) is 0 Å². The van der Waals surface area contributed by atoms with Gasteiger partial charge in [0, 0.05) is 12.2 Å². The van der Waals surface area contributed by atoms with Crippen LogP contribution in [0.25, 0.3) is 0 Å². The van der Waals surface area contributed by atoms with Crippen molar-refractivity contribution in [2.75, 3.05) is 11.4 Å². The predicted molar refractivity (Wildman–Crippen MR) is 83.3 cm³/mol. The quantitative estimate of drug-likeness (QED) is 0.892. The topological polar surface area (TPSA) is 36.4 Å². The highest BCUT2D eigenvalue weighted by Crippen LogP contribution is 2.26. The van der Waals surface area contributed by atoms with Crippen LogP contribution in [0, 0.1) is 6.92 Å². The normalized spacial score (nSPS) is 12.2. The molecule has 1 atom stereocenters. The molecule has 1 aromatic heterocycles. The molecule has 2 aromatic rings. The zero-order chi connectivity index (χ0) is 14.5. The van der Waals surface area contributed by atoms with E-state index in [1.165, 1.54) is 5.56 Å². The average molecular weight is 270 g/mol. The van der Waals surface area contributed by atoms with Crippen molar-refractivity contribution in [2.24, 2.45) is 0 Å². The number of nitrogens with zero attached hydrogens (tertiary/aromatic N) is 2. The Morgan fingerprint density at radius 1 is 1.15 bits per heavy atom. The summed E-state index contributed by atoms with van der Waals surface area (Å²) < 4.78 is 0. The third-order valence-electron chi connectivity index (χ3n) is 3.44. The molecular formula is C17H22N2O. The molecule has 0 aliphatic heterocycles. The van der Waals surface area contributed by atoms with E-state index in [2.05, 4.69) is 48.0 Å². The molecular weight excluding hydrogens is 248 g/mol. The van der Waals surface area contributed by atoms with Crippen LogP contribution in [0.2, 0.25) is 0 Å². The number of hydrogen-bond donors (Lipinski definition) is 1. The Balaban J connectivity index is 2.28. The average Bonchev–Trinajstić information content (AvgIpc) is 2.48. The molecule has 3 heteroatoms. The standard InChI is InChI=1S/C17H22N2O/c1-4-17(20)16-10-9-15(12-18-16)19(5-2)14-8-6-7-13(3)11-14/h6-12,17,20H,4-5H2,1-3H3/t17-/m0/s1. The van der Waals surface area contributed by atoms with E-state index in [4.69, 9.17) is 0 Å². The monoisotopic (exact) mass is 270 g/mol. The molecule has 0 fully saturated rings. The third-order valence-corrected chi connectivity index (χ3v) is 3.44. The highest BCUT2D eigenvalue weighted by molar-refractivity contribution is 5.63. The molecule has 20 heavy (non-hydrogen) atoms. The minimum Gasteiger partial charge on any atom is -0.387 e. The molecule has 0 radical (unpaired) electrons. The number of aromatic nitrogens is 1. The Morgan fingerprint density at radius 2 is 1.95 bits per heavy atom. The van der Waals surface area contributed by atoms with Crippen LogP contribution in [0.4, 0.5) is 11.4 Å². The van der Waals surface area contributed by atoms with Crippen LogP contribution >= 0.6 is 0 Å². The number of anilines is 2. The molecule has 1 aromatic carbocycles. The Kier molecular flexibility index (Phi) is 4.74. The van der Waals surface area contributed by atoms with E-state index in [0.717, 1.165) is 23.6 Å². The van der Waals surface area contributed by atoms with Gasteiger partial charge in [-0.1, -0.05) is 19.1 Å². The second-order valence-corrected chi connectivity index (χ2v) is 4.95. The van der Waals surface area contributed by atoms with Gasteiger partial charge in [-0.15, -0.1) is 0 Å². The van der Waals surface area contributed by atoms with Gasteiger partial charge in [0.05, 0.1) is 23.7 Å². The molecule has 0 bridgehead atoms. The first-order valence-electron chi connectivity index (χ1n) is 7.14. The lowest BCUT2D eigenvalue weighted by Crippen LogP contribution is -2.16. The van der Waals surface area contributed by atoms with Gasteiger partial charge in [0.2, 0.25) is 0 Å². The maximum atomic E-state index is 9.79. The number of rotatable bonds is 5. The molecule has 106 valence electrons. The SMILES string of the molecule is CC[C@H](O)c1ccc(N(CC)c2cccc(C)c2)cn1. The van der Waals surface area contributed by atoms with Gasteiger partial charge in [-0.25, -0.2) is 0 Å². The van der Waals surface area contributed by atoms with Crippen molar-refractivity contribution in [1.82, 2.24) is 4.98 Å². The molecule has 0 amide bonds. The second-order valence-electron chi connectivity index (χ2n) is 4.95. The molecule has 0 saturated carbocycles. The van der Waals surface area contributed by atoms with Gasteiger partial charge >= 0.3 is 0 Å². The van der Waals surface area contributed by atoms with Gasteiger partial charge in [0.1, 0.15) is 0 Å². The molecule has 1 N–H and O–H groups in total. The van der Waals surface area contributed by atoms with Gasteiger partial charge in [-0.2, -0.15) is 0 Å². The Hall–Kier alpha value is -1.87. The van der Waals surface area contributed by atoms with E-state index < -0.39 is 6.10 Å². The van der Waals surface area contributed by atoms with Gasteiger partial charge < -0.3 is 10.0 Å². The number of hydrogen-bond acceptors (Lipinski definition) is 3. The summed E-state index contributed by atoms with van der Waals surface area (Å²) in [5.74, 6) is 0. The zero-order valence-corrected chi connectivity index (χ0v) is 12.4. The van der Waals surface area contributed by atoms with Crippen LogP contribution in [0.1, 0.15) is 37.6 Å². The lowest BCUT2D eigenvalue weighted by Gasteiger charge is -2.23. The first-order valence-corrected chi connectivity index (χ1v) is 7.14. The fourth-order valence-electron chi connectivity index (χ4n) is 2.27. The first-order chi connectivity index (χ1) is 9.65. The molecule has 0 unspecified atom stereocenters. The zero-order valence-electron chi connectivity index (χ0n) is 12.4. The van der Waals surface area contributed by atoms with Crippen molar-refractivity contribution in [3.63, 3.8) is 0 Å². The number of aliphatic hydroxyl groups excluding tert-OH is 1. The Labute approximate surface area is 120 Å². The highest BCUT2D eigenvalue weighted by Gasteiger charge is 2.10. The maximum absolute atomic E-state index is 9.79. The number of pyridine rings is 1. The number of aliphatic hydroxyl groups is 1. The first kappa shape index (κ1) is 14.5. The van der Waals surface area contributed by atoms with E-state index >= 15 is 0 Å². The van der Waals surface area contributed by atoms with Gasteiger partial charge in [-0.05, 0) is 50.1 Å². The van der Waals surface area contributed by atoms with E-state index in [-0.39, 0.29) is 0 Å². The molecule has 0 aliphatic rings. The maximum Gasteiger partial charge on any atom is 0.0957 e. The molecule has 0 saturated heterocycles. The van der Waals surface area contributed by atoms with Crippen molar-refractivity contribution in [3.8, 4) is 0 Å². The van der Waals surface area contributed by atoms with Gasteiger partial charge in [-0.3, -0.25) is 4.98 Å². The van der Waals surface area contributed by atoms with E-state index in [9.17, 15) is 5.11 Å². The lowest BCUT2D eigenvalue weighted by atomic mass is 10.1. The summed E-state index contributed by atoms with van der Waals surface area (Å²) >= 11 is 0. The van der Waals surface area contributed by atoms with Crippen LogP contribution in [0.5, 0.6) is 0 Å². The van der Waals surface area contributed by atoms with Crippen molar-refractivity contribution >= 4 is 11.4 Å².